The molecule has 0 saturated carbocycles. The van der Waals surface area contributed by atoms with Gasteiger partial charge in [-0.25, -0.2) is 0 Å². The molecule has 7 nitrogen and oxygen atoms in total. The Balaban J connectivity index is 2.28. The molecule has 7 heteroatoms. The normalized spacial score (nSPS) is 11.9. The van der Waals surface area contributed by atoms with Crippen LogP contribution in [-0.4, -0.2) is 16.8 Å². The van der Waals surface area contributed by atoms with Crippen molar-refractivity contribution < 1.29 is 19.2 Å². The van der Waals surface area contributed by atoms with Crippen molar-refractivity contribution in [1.29, 1.82) is 0 Å². The summed E-state index contributed by atoms with van der Waals surface area (Å²) >= 11 is 0. The lowest BCUT2D eigenvalue weighted by molar-refractivity contribution is -0.384. The van der Waals surface area contributed by atoms with Crippen LogP contribution < -0.4 is 10.1 Å². The van der Waals surface area contributed by atoms with Crippen molar-refractivity contribution in [3.63, 3.8) is 0 Å². The summed E-state index contributed by atoms with van der Waals surface area (Å²) in [4.78, 5) is 35.2. The van der Waals surface area contributed by atoms with Gasteiger partial charge in [0.15, 0.2) is 0 Å². The van der Waals surface area contributed by atoms with E-state index in [1.165, 1.54) is 19.1 Å². The Kier molecular flexibility index (Phi) is 6.11. The summed E-state index contributed by atoms with van der Waals surface area (Å²) in [5.41, 5.74) is 0.992. The van der Waals surface area contributed by atoms with Crippen molar-refractivity contribution in [2.45, 2.75) is 26.8 Å². The van der Waals surface area contributed by atoms with E-state index < -0.39 is 16.9 Å². The van der Waals surface area contributed by atoms with Crippen LogP contribution in [-0.2, 0) is 9.59 Å². The number of carbonyl (C=O) groups excluding carboxylic acids is 2. The van der Waals surface area contributed by atoms with Gasteiger partial charge >= 0.3 is 5.97 Å². The van der Waals surface area contributed by atoms with Crippen molar-refractivity contribution in [1.82, 2.24) is 5.32 Å². The first-order valence-corrected chi connectivity index (χ1v) is 9.52. The number of nitrogens with zero attached hydrogens (tertiary/aromatic N) is 1. The molecule has 0 heterocycles. The number of hydrogen-bond acceptors (Lipinski definition) is 5. The predicted molar refractivity (Wildman–Crippen MR) is 113 cm³/mol. The molecule has 154 valence electrons. The van der Waals surface area contributed by atoms with E-state index in [0.717, 1.165) is 10.8 Å². The number of benzene rings is 3. The van der Waals surface area contributed by atoms with E-state index in [-0.39, 0.29) is 17.5 Å². The van der Waals surface area contributed by atoms with Crippen molar-refractivity contribution in [2.24, 2.45) is 5.92 Å². The quantitative estimate of drug-likeness (QED) is 0.281. The molecule has 1 atom stereocenters. The Labute approximate surface area is 173 Å². The minimum Gasteiger partial charge on any atom is -0.426 e. The summed E-state index contributed by atoms with van der Waals surface area (Å²) in [6, 6.07) is 16.3. The molecule has 0 radical (unpaired) electrons. The van der Waals surface area contributed by atoms with Crippen LogP contribution in [0.4, 0.5) is 5.69 Å². The van der Waals surface area contributed by atoms with E-state index in [0.29, 0.717) is 16.9 Å². The summed E-state index contributed by atoms with van der Waals surface area (Å²) < 4.78 is 5.45. The lowest BCUT2D eigenvalue weighted by Gasteiger charge is -2.24. The summed E-state index contributed by atoms with van der Waals surface area (Å²) in [5, 5.41) is 15.9. The van der Waals surface area contributed by atoms with Crippen molar-refractivity contribution in [2.75, 3.05) is 0 Å². The Morgan fingerprint density at radius 2 is 1.77 bits per heavy atom. The number of carbonyl (C=O) groups is 2. The molecule has 0 aromatic heterocycles. The molecule has 1 amide bonds. The molecule has 0 bridgehead atoms. The van der Waals surface area contributed by atoms with Gasteiger partial charge in [0, 0.05) is 30.5 Å². The maximum Gasteiger partial charge on any atom is 0.308 e. The van der Waals surface area contributed by atoms with Gasteiger partial charge in [-0.3, -0.25) is 19.7 Å². The van der Waals surface area contributed by atoms with Crippen LogP contribution in [0, 0.1) is 16.0 Å². The van der Waals surface area contributed by atoms with Gasteiger partial charge in [-0.05, 0) is 22.4 Å². The lowest BCUT2D eigenvalue weighted by Crippen LogP contribution is -2.33. The fraction of sp³-hybridized carbons (Fsp3) is 0.217. The van der Waals surface area contributed by atoms with E-state index in [4.69, 9.17) is 4.74 Å². The predicted octanol–water partition coefficient (Wildman–Crippen LogP) is 4.53. The van der Waals surface area contributed by atoms with Crippen LogP contribution in [0.2, 0.25) is 0 Å². The molecule has 0 aliphatic rings. The van der Waals surface area contributed by atoms with Gasteiger partial charge in [-0.15, -0.1) is 0 Å². The maximum absolute atomic E-state index is 12.6. The summed E-state index contributed by atoms with van der Waals surface area (Å²) in [6.45, 7) is 4.82. The third-order valence-electron chi connectivity index (χ3n) is 4.70. The zero-order valence-electron chi connectivity index (χ0n) is 16.9. The molecule has 0 aliphatic carbocycles. The fourth-order valence-electron chi connectivity index (χ4n) is 3.27. The Hall–Kier alpha value is -3.74. The number of rotatable bonds is 6. The maximum atomic E-state index is 12.6. The lowest BCUT2D eigenvalue weighted by atomic mass is 9.92. The monoisotopic (exact) mass is 406 g/mol. The van der Waals surface area contributed by atoms with Gasteiger partial charge in [0.2, 0.25) is 5.91 Å². The van der Waals surface area contributed by atoms with Gasteiger partial charge in [0.1, 0.15) is 5.75 Å². The zero-order chi connectivity index (χ0) is 21.8. The van der Waals surface area contributed by atoms with Crippen LogP contribution in [0.3, 0.4) is 0 Å². The molecule has 30 heavy (non-hydrogen) atoms. The largest absolute Gasteiger partial charge is 0.426 e. The van der Waals surface area contributed by atoms with Crippen LogP contribution in [0.5, 0.6) is 5.75 Å². The molecular weight excluding hydrogens is 384 g/mol. The summed E-state index contributed by atoms with van der Waals surface area (Å²) in [7, 11) is 0. The number of nitro groups is 1. The summed E-state index contributed by atoms with van der Waals surface area (Å²) in [6.07, 6.45) is 0. The number of fused-ring (bicyclic) bond motifs is 1. The third-order valence-corrected chi connectivity index (χ3v) is 4.70. The minimum atomic E-state index is -0.750. The first-order chi connectivity index (χ1) is 14.3. The third kappa shape index (κ3) is 4.46. The van der Waals surface area contributed by atoms with E-state index in [2.05, 4.69) is 5.32 Å². The highest BCUT2D eigenvalue weighted by atomic mass is 16.6. The fourth-order valence-corrected chi connectivity index (χ4v) is 3.27. The summed E-state index contributed by atoms with van der Waals surface area (Å²) in [5.74, 6) is -0.743. The van der Waals surface area contributed by atoms with Crippen LogP contribution in [0.15, 0.2) is 60.7 Å². The number of hydrogen-bond donors (Lipinski definition) is 1. The van der Waals surface area contributed by atoms with Gasteiger partial charge in [-0.1, -0.05) is 56.3 Å². The van der Waals surface area contributed by atoms with E-state index >= 15 is 0 Å². The van der Waals surface area contributed by atoms with Gasteiger partial charge in [0.05, 0.1) is 11.0 Å². The standard InChI is InChI=1S/C23H22N2O5/c1-14(2)23(27)24-22(17-8-6-9-18(13-17)25(28)29)21-19-10-5-4-7-16(19)11-12-20(21)30-15(3)26/h4-14,22H,1-3H3,(H,24,27)/t22-/m0/s1. The number of nitro benzene ring substituents is 1. The first kappa shape index (κ1) is 21.0. The molecule has 0 fully saturated rings. The van der Waals surface area contributed by atoms with E-state index in [1.807, 2.05) is 30.3 Å². The molecule has 1 N–H and O–H groups in total. The van der Waals surface area contributed by atoms with E-state index in [9.17, 15) is 19.7 Å². The second-order valence-electron chi connectivity index (χ2n) is 7.24. The topological polar surface area (TPSA) is 98.5 Å². The Morgan fingerprint density at radius 1 is 1.03 bits per heavy atom. The number of amides is 1. The highest BCUT2D eigenvalue weighted by Crippen LogP contribution is 2.37. The number of esters is 1. The van der Waals surface area contributed by atoms with Gasteiger partial charge in [0.25, 0.3) is 5.69 Å². The van der Waals surface area contributed by atoms with Crippen LogP contribution in [0.25, 0.3) is 10.8 Å². The van der Waals surface area contributed by atoms with Gasteiger partial charge < -0.3 is 10.1 Å². The molecule has 3 aromatic rings. The zero-order valence-corrected chi connectivity index (χ0v) is 16.9. The van der Waals surface area contributed by atoms with Crippen molar-refractivity contribution in [3.05, 3.63) is 81.9 Å². The Bertz CT molecular complexity index is 1120. The van der Waals surface area contributed by atoms with Crippen molar-refractivity contribution >= 4 is 28.3 Å². The average molecular weight is 406 g/mol. The van der Waals surface area contributed by atoms with Crippen molar-refractivity contribution in [3.8, 4) is 5.75 Å². The highest BCUT2D eigenvalue weighted by molar-refractivity contribution is 5.90. The Morgan fingerprint density at radius 3 is 2.43 bits per heavy atom. The molecule has 0 spiro atoms. The first-order valence-electron chi connectivity index (χ1n) is 9.52. The second kappa shape index (κ2) is 8.73. The number of non-ortho nitro benzene ring substituents is 1. The SMILES string of the molecule is CC(=O)Oc1ccc2ccccc2c1[C@@H](NC(=O)C(C)C)c1cccc([N+](=O)[O-])c1. The highest BCUT2D eigenvalue weighted by Gasteiger charge is 2.26. The molecule has 3 aromatic carbocycles. The van der Waals surface area contributed by atoms with Gasteiger partial charge in [-0.2, -0.15) is 0 Å². The molecule has 0 unspecified atom stereocenters. The van der Waals surface area contributed by atoms with Crippen LogP contribution in [0.1, 0.15) is 37.9 Å². The molecule has 0 aliphatic heterocycles. The van der Waals surface area contributed by atoms with Crippen LogP contribution >= 0.6 is 0 Å². The minimum absolute atomic E-state index is 0.0921. The second-order valence-corrected chi connectivity index (χ2v) is 7.24. The molecule has 3 rings (SSSR count). The average Bonchev–Trinajstić information content (AvgIpc) is 2.71. The van der Waals surface area contributed by atoms with E-state index in [1.54, 1.807) is 32.0 Å². The smallest absolute Gasteiger partial charge is 0.308 e. The molecular formula is C23H22N2O5. The molecule has 0 saturated heterocycles. The number of ether oxygens (including phenoxy) is 1. The number of nitrogens with one attached hydrogen (secondary N) is 1.